The van der Waals surface area contributed by atoms with Crippen molar-refractivity contribution in [2.24, 2.45) is 0 Å². The Bertz CT molecular complexity index is 405. The highest BCUT2D eigenvalue weighted by molar-refractivity contribution is 5.89. The molecule has 0 unspecified atom stereocenters. The summed E-state index contributed by atoms with van der Waals surface area (Å²) in [7, 11) is 1.02. The van der Waals surface area contributed by atoms with Crippen LogP contribution in [0.25, 0.3) is 0 Å². The van der Waals surface area contributed by atoms with E-state index in [0.29, 0.717) is 0 Å². The van der Waals surface area contributed by atoms with E-state index in [1.165, 1.54) is 0 Å². The van der Waals surface area contributed by atoms with Crippen LogP contribution < -0.4 is 9.47 Å². The molecule has 0 saturated carbocycles. The number of carboxylic acid groups (broad SMARTS) is 1. The fourth-order valence-electron chi connectivity index (χ4n) is 0.985. The maximum Gasteiger partial charge on any atom is 0.573 e. The molecule has 0 bridgehead atoms. The molecular formula is C8H6F3NO4. The number of aromatic nitrogens is 1. The molecule has 1 N–H and O–H groups in total. The number of ether oxygens (including phenoxy) is 2. The van der Waals surface area contributed by atoms with Crippen LogP contribution in [0, 0.1) is 0 Å². The Morgan fingerprint density at radius 3 is 2.56 bits per heavy atom. The van der Waals surface area contributed by atoms with Gasteiger partial charge >= 0.3 is 12.3 Å². The minimum absolute atomic E-state index is 0.577. The van der Waals surface area contributed by atoms with Gasteiger partial charge in [-0.25, -0.2) is 9.78 Å². The summed E-state index contributed by atoms with van der Waals surface area (Å²) in [4.78, 5) is 14.0. The molecule has 0 aromatic carbocycles. The standard InChI is InChI=1S/C8H6F3NO4/c1-15-6-4(16-8(9,10)11)2-3-12-5(6)7(13)14/h2-3H,1H3,(H,13,14). The number of methoxy groups -OCH3 is 1. The number of carboxylic acids is 1. The quantitative estimate of drug-likeness (QED) is 0.866. The van der Waals surface area contributed by atoms with Crippen molar-refractivity contribution in [3.63, 3.8) is 0 Å². The largest absolute Gasteiger partial charge is 0.573 e. The van der Waals surface area contributed by atoms with E-state index in [1.807, 2.05) is 0 Å². The predicted molar refractivity (Wildman–Crippen MR) is 44.4 cm³/mol. The smallest absolute Gasteiger partial charge is 0.491 e. The molecule has 0 aliphatic heterocycles. The van der Waals surface area contributed by atoms with E-state index in [9.17, 15) is 18.0 Å². The lowest BCUT2D eigenvalue weighted by molar-refractivity contribution is -0.275. The SMILES string of the molecule is COc1c(OC(F)(F)F)ccnc1C(=O)O. The fraction of sp³-hybridized carbons (Fsp3) is 0.250. The van der Waals surface area contributed by atoms with Gasteiger partial charge in [-0.05, 0) is 0 Å². The maximum absolute atomic E-state index is 11.9. The molecule has 0 atom stereocenters. The van der Waals surface area contributed by atoms with Gasteiger partial charge in [0.15, 0.2) is 17.2 Å². The highest BCUT2D eigenvalue weighted by Crippen LogP contribution is 2.33. The second-order valence-electron chi connectivity index (χ2n) is 2.54. The first kappa shape index (κ1) is 12.1. The summed E-state index contributed by atoms with van der Waals surface area (Å²) in [5.41, 5.74) is -0.649. The number of rotatable bonds is 3. The molecule has 0 saturated heterocycles. The highest BCUT2D eigenvalue weighted by atomic mass is 19.4. The van der Waals surface area contributed by atoms with Gasteiger partial charge in [-0.15, -0.1) is 13.2 Å². The third-order valence-corrected chi connectivity index (χ3v) is 1.50. The number of hydrogen-bond donors (Lipinski definition) is 1. The monoisotopic (exact) mass is 237 g/mol. The lowest BCUT2D eigenvalue weighted by Crippen LogP contribution is -2.18. The van der Waals surface area contributed by atoms with E-state index in [2.05, 4.69) is 14.5 Å². The van der Waals surface area contributed by atoms with Gasteiger partial charge in [0.1, 0.15) is 0 Å². The summed E-state index contributed by atoms with van der Waals surface area (Å²) in [6.07, 6.45) is -4.04. The average molecular weight is 237 g/mol. The molecule has 88 valence electrons. The zero-order valence-electron chi connectivity index (χ0n) is 7.91. The van der Waals surface area contributed by atoms with E-state index in [0.717, 1.165) is 19.4 Å². The van der Waals surface area contributed by atoms with E-state index in [4.69, 9.17) is 5.11 Å². The summed E-state index contributed by atoms with van der Waals surface area (Å²) >= 11 is 0. The normalized spacial score (nSPS) is 11.0. The molecule has 16 heavy (non-hydrogen) atoms. The van der Waals surface area contributed by atoms with E-state index < -0.39 is 29.5 Å². The van der Waals surface area contributed by atoms with Gasteiger partial charge in [0.2, 0.25) is 0 Å². The van der Waals surface area contributed by atoms with Crippen molar-refractivity contribution >= 4 is 5.97 Å². The van der Waals surface area contributed by atoms with Crippen LogP contribution in [0.15, 0.2) is 12.3 Å². The zero-order chi connectivity index (χ0) is 12.3. The molecule has 8 heteroatoms. The summed E-state index contributed by atoms with van der Waals surface area (Å²) in [6.45, 7) is 0. The van der Waals surface area contributed by atoms with Gasteiger partial charge in [0.25, 0.3) is 0 Å². The van der Waals surface area contributed by atoms with Crippen LogP contribution in [-0.4, -0.2) is 29.5 Å². The van der Waals surface area contributed by atoms with Gasteiger partial charge in [-0.2, -0.15) is 0 Å². The van der Waals surface area contributed by atoms with Gasteiger partial charge in [0.05, 0.1) is 7.11 Å². The van der Waals surface area contributed by atoms with Gasteiger partial charge in [-0.3, -0.25) is 0 Å². The molecule has 1 rings (SSSR count). The number of hydrogen-bond acceptors (Lipinski definition) is 4. The summed E-state index contributed by atoms with van der Waals surface area (Å²) in [5, 5.41) is 8.64. The van der Waals surface area contributed by atoms with Crippen LogP contribution >= 0.6 is 0 Å². The van der Waals surface area contributed by atoms with Crippen molar-refractivity contribution in [3.8, 4) is 11.5 Å². The topological polar surface area (TPSA) is 68.7 Å². The Morgan fingerprint density at radius 2 is 2.12 bits per heavy atom. The second-order valence-corrected chi connectivity index (χ2v) is 2.54. The Balaban J connectivity index is 3.19. The third kappa shape index (κ3) is 2.75. The molecule has 5 nitrogen and oxygen atoms in total. The maximum atomic E-state index is 11.9. The molecule has 0 radical (unpaired) electrons. The average Bonchev–Trinajstić information content (AvgIpc) is 2.14. The highest BCUT2D eigenvalue weighted by Gasteiger charge is 2.33. The number of aromatic carboxylic acids is 1. The van der Waals surface area contributed by atoms with Crippen LogP contribution in [0.4, 0.5) is 13.2 Å². The van der Waals surface area contributed by atoms with Crippen LogP contribution in [0.5, 0.6) is 11.5 Å². The molecule has 0 fully saturated rings. The fourth-order valence-corrected chi connectivity index (χ4v) is 0.985. The molecule has 0 spiro atoms. The zero-order valence-corrected chi connectivity index (χ0v) is 7.91. The second kappa shape index (κ2) is 4.25. The van der Waals surface area contributed by atoms with E-state index in [1.54, 1.807) is 0 Å². The van der Waals surface area contributed by atoms with Crippen molar-refractivity contribution in [1.82, 2.24) is 4.98 Å². The summed E-state index contributed by atoms with van der Waals surface area (Å²) < 4.78 is 43.9. The molecule has 0 aliphatic carbocycles. The lowest BCUT2D eigenvalue weighted by Gasteiger charge is -2.12. The predicted octanol–water partition coefficient (Wildman–Crippen LogP) is 1.69. The number of halogens is 3. The first-order chi connectivity index (χ1) is 7.35. The first-order valence-electron chi connectivity index (χ1n) is 3.87. The van der Waals surface area contributed by atoms with Crippen LogP contribution in [-0.2, 0) is 0 Å². The number of nitrogens with zero attached hydrogens (tertiary/aromatic N) is 1. The van der Waals surface area contributed by atoms with Crippen LogP contribution in [0.3, 0.4) is 0 Å². The Hall–Kier alpha value is -1.99. The van der Waals surface area contributed by atoms with Gasteiger partial charge in [0, 0.05) is 12.3 Å². The summed E-state index contributed by atoms with van der Waals surface area (Å²) in [5.74, 6) is -2.83. The number of alkyl halides is 3. The van der Waals surface area contributed by atoms with Crippen molar-refractivity contribution in [2.75, 3.05) is 7.11 Å². The van der Waals surface area contributed by atoms with Crippen LogP contribution in [0.1, 0.15) is 10.5 Å². The molecule has 1 heterocycles. The lowest BCUT2D eigenvalue weighted by atomic mass is 10.3. The Labute approximate surface area is 87.4 Å². The first-order valence-corrected chi connectivity index (χ1v) is 3.87. The Morgan fingerprint density at radius 1 is 1.50 bits per heavy atom. The van der Waals surface area contributed by atoms with E-state index >= 15 is 0 Å². The van der Waals surface area contributed by atoms with Crippen molar-refractivity contribution < 1.29 is 32.5 Å². The van der Waals surface area contributed by atoms with Crippen molar-refractivity contribution in [1.29, 1.82) is 0 Å². The molecule has 1 aromatic heterocycles. The van der Waals surface area contributed by atoms with E-state index in [-0.39, 0.29) is 0 Å². The number of carbonyl (C=O) groups is 1. The van der Waals surface area contributed by atoms with Crippen LogP contribution in [0.2, 0.25) is 0 Å². The molecule has 1 aromatic rings. The Kier molecular flexibility index (Phi) is 3.21. The third-order valence-electron chi connectivity index (χ3n) is 1.50. The van der Waals surface area contributed by atoms with Gasteiger partial charge < -0.3 is 14.6 Å². The van der Waals surface area contributed by atoms with Crippen molar-refractivity contribution in [2.45, 2.75) is 6.36 Å². The molecular weight excluding hydrogens is 231 g/mol. The summed E-state index contributed by atoms with van der Waals surface area (Å²) in [6, 6.07) is 0.860. The van der Waals surface area contributed by atoms with Crippen molar-refractivity contribution in [3.05, 3.63) is 18.0 Å². The number of pyridine rings is 1. The molecule has 0 aliphatic rings. The molecule has 0 amide bonds. The minimum Gasteiger partial charge on any atom is -0.491 e. The van der Waals surface area contributed by atoms with Gasteiger partial charge in [-0.1, -0.05) is 0 Å². The minimum atomic E-state index is -4.93.